The molecule has 0 aliphatic carbocycles. The van der Waals surface area contributed by atoms with Crippen LogP contribution in [0.1, 0.15) is 64.4 Å². The molecule has 3 rings (SSSR count). The van der Waals surface area contributed by atoms with E-state index in [2.05, 4.69) is 29.7 Å². The molecular weight excluding hydrogens is 428 g/mol. The molecule has 184 valence electrons. The Kier molecular flexibility index (Phi) is 8.31. The average molecular weight is 467 g/mol. The highest BCUT2D eigenvalue weighted by molar-refractivity contribution is 5.91. The van der Waals surface area contributed by atoms with Gasteiger partial charge in [-0.1, -0.05) is 63.2 Å². The summed E-state index contributed by atoms with van der Waals surface area (Å²) in [5.74, 6) is -0.559. The first-order chi connectivity index (χ1) is 16.2. The summed E-state index contributed by atoms with van der Waals surface area (Å²) in [6.45, 7) is 6.82. The summed E-state index contributed by atoms with van der Waals surface area (Å²) in [7, 11) is 1.57. The monoisotopic (exact) mass is 466 g/mol. The maximum Gasteiger partial charge on any atom is 0.261 e. The van der Waals surface area contributed by atoms with Gasteiger partial charge in [-0.25, -0.2) is 0 Å². The van der Waals surface area contributed by atoms with Gasteiger partial charge in [-0.05, 0) is 54.5 Å². The van der Waals surface area contributed by atoms with Crippen molar-refractivity contribution in [3.8, 4) is 0 Å². The number of rotatable bonds is 8. The summed E-state index contributed by atoms with van der Waals surface area (Å²) in [4.78, 5) is 40.6. The average Bonchev–Trinajstić information content (AvgIpc) is 3.32. The molecule has 1 aliphatic rings. The molecule has 0 saturated carbocycles. The van der Waals surface area contributed by atoms with Crippen molar-refractivity contribution in [2.24, 2.45) is 11.1 Å². The number of hydrazine groups is 1. The van der Waals surface area contributed by atoms with Gasteiger partial charge in [0.15, 0.2) is 0 Å². The SMILES string of the molecule is CCC(C)(C)C(=O)N1CCC[C@H]1C(=O)NN(C)C(=O)CC(CCN)c1ccc2ccccc2c1. The van der Waals surface area contributed by atoms with Crippen LogP contribution in [0.2, 0.25) is 0 Å². The minimum absolute atomic E-state index is 0.0130. The molecule has 0 radical (unpaired) electrons. The molecule has 2 aromatic carbocycles. The Hall–Kier alpha value is -2.93. The molecule has 1 heterocycles. The number of nitrogens with two attached hydrogens (primary N) is 1. The fourth-order valence-electron chi connectivity index (χ4n) is 4.52. The number of fused-ring (bicyclic) bond motifs is 1. The first kappa shape index (κ1) is 25.7. The fourth-order valence-corrected chi connectivity index (χ4v) is 4.52. The number of amides is 3. The van der Waals surface area contributed by atoms with E-state index in [0.717, 1.165) is 22.8 Å². The van der Waals surface area contributed by atoms with Crippen molar-refractivity contribution in [3.05, 3.63) is 48.0 Å². The third kappa shape index (κ3) is 5.76. The van der Waals surface area contributed by atoms with Crippen LogP contribution in [0.4, 0.5) is 0 Å². The predicted octanol–water partition coefficient (Wildman–Crippen LogP) is 3.58. The first-order valence-electron chi connectivity index (χ1n) is 12.2. The lowest BCUT2D eigenvalue weighted by Gasteiger charge is -2.32. The topological polar surface area (TPSA) is 95.7 Å². The van der Waals surface area contributed by atoms with Crippen LogP contribution < -0.4 is 11.2 Å². The summed E-state index contributed by atoms with van der Waals surface area (Å²) in [5, 5.41) is 3.53. The van der Waals surface area contributed by atoms with E-state index in [0.29, 0.717) is 32.4 Å². The fraction of sp³-hybridized carbons (Fsp3) is 0.519. The van der Waals surface area contributed by atoms with Crippen molar-refractivity contribution in [1.82, 2.24) is 15.3 Å². The van der Waals surface area contributed by atoms with E-state index in [-0.39, 0.29) is 30.1 Å². The molecule has 0 aromatic heterocycles. The second-order valence-corrected chi connectivity index (χ2v) is 9.91. The van der Waals surface area contributed by atoms with Gasteiger partial charge < -0.3 is 10.6 Å². The number of carbonyl (C=O) groups excluding carboxylic acids is 3. The summed E-state index contributed by atoms with van der Waals surface area (Å²) < 4.78 is 0. The minimum atomic E-state index is -0.547. The highest BCUT2D eigenvalue weighted by Gasteiger charge is 2.40. The van der Waals surface area contributed by atoms with Gasteiger partial charge in [0.2, 0.25) is 11.8 Å². The summed E-state index contributed by atoms with van der Waals surface area (Å²) >= 11 is 0. The summed E-state index contributed by atoms with van der Waals surface area (Å²) in [5.41, 5.74) is 9.12. The predicted molar refractivity (Wildman–Crippen MR) is 135 cm³/mol. The number of benzene rings is 2. The van der Waals surface area contributed by atoms with E-state index in [9.17, 15) is 14.4 Å². The third-order valence-corrected chi connectivity index (χ3v) is 7.11. The quantitative estimate of drug-likeness (QED) is 0.581. The molecule has 0 bridgehead atoms. The van der Waals surface area contributed by atoms with Crippen molar-refractivity contribution in [2.45, 2.75) is 64.8 Å². The zero-order valence-electron chi connectivity index (χ0n) is 20.8. The van der Waals surface area contributed by atoms with Crippen molar-refractivity contribution in [2.75, 3.05) is 20.1 Å². The van der Waals surface area contributed by atoms with Crippen LogP contribution in [-0.4, -0.2) is 53.8 Å². The van der Waals surface area contributed by atoms with E-state index in [4.69, 9.17) is 5.73 Å². The Morgan fingerprint density at radius 1 is 1.18 bits per heavy atom. The highest BCUT2D eigenvalue weighted by atomic mass is 16.2. The Labute approximate surface area is 202 Å². The molecule has 3 N–H and O–H groups in total. The van der Waals surface area contributed by atoms with E-state index in [1.807, 2.05) is 39.0 Å². The number of nitrogens with one attached hydrogen (secondary N) is 1. The van der Waals surface area contributed by atoms with E-state index in [1.165, 1.54) is 5.01 Å². The molecule has 1 unspecified atom stereocenters. The maximum absolute atomic E-state index is 13.0. The molecule has 0 spiro atoms. The van der Waals surface area contributed by atoms with Crippen LogP contribution in [-0.2, 0) is 14.4 Å². The second-order valence-electron chi connectivity index (χ2n) is 9.91. The number of carbonyl (C=O) groups is 3. The molecule has 3 amide bonds. The highest BCUT2D eigenvalue weighted by Crippen LogP contribution is 2.29. The number of likely N-dealkylation sites (tertiary alicyclic amines) is 1. The molecule has 34 heavy (non-hydrogen) atoms. The van der Waals surface area contributed by atoms with Gasteiger partial charge in [-0.15, -0.1) is 0 Å². The minimum Gasteiger partial charge on any atom is -0.330 e. The third-order valence-electron chi connectivity index (χ3n) is 7.11. The number of hydrogen-bond acceptors (Lipinski definition) is 4. The molecule has 2 atom stereocenters. The molecule has 7 nitrogen and oxygen atoms in total. The van der Waals surface area contributed by atoms with E-state index in [1.54, 1.807) is 11.9 Å². The second kappa shape index (κ2) is 11.0. The van der Waals surface area contributed by atoms with Crippen LogP contribution in [0.3, 0.4) is 0 Å². The van der Waals surface area contributed by atoms with Gasteiger partial charge >= 0.3 is 0 Å². The van der Waals surface area contributed by atoms with Crippen molar-refractivity contribution in [3.63, 3.8) is 0 Å². The number of hydrogen-bond donors (Lipinski definition) is 2. The van der Waals surface area contributed by atoms with Gasteiger partial charge in [0.05, 0.1) is 0 Å². The lowest BCUT2D eigenvalue weighted by Crippen LogP contribution is -2.54. The standard InChI is InChI=1S/C27H38N4O3/c1-5-27(2,3)26(34)31-16-8-11-23(31)25(33)29-30(4)24(32)18-22(14-15-28)21-13-12-19-9-6-7-10-20(19)17-21/h6-7,9-10,12-13,17,22-23H,5,8,11,14-16,18,28H2,1-4H3,(H,29,33)/t22?,23-/m0/s1. The smallest absolute Gasteiger partial charge is 0.261 e. The largest absolute Gasteiger partial charge is 0.330 e. The normalized spacial score (nSPS) is 17.0. The Balaban J connectivity index is 1.66. The Morgan fingerprint density at radius 3 is 2.56 bits per heavy atom. The van der Waals surface area contributed by atoms with Crippen molar-refractivity contribution >= 4 is 28.5 Å². The zero-order valence-corrected chi connectivity index (χ0v) is 20.8. The van der Waals surface area contributed by atoms with Gasteiger partial charge in [-0.3, -0.25) is 24.8 Å². The maximum atomic E-state index is 13.0. The summed E-state index contributed by atoms with van der Waals surface area (Å²) in [6.07, 6.45) is 2.99. The lowest BCUT2D eigenvalue weighted by atomic mass is 9.88. The summed E-state index contributed by atoms with van der Waals surface area (Å²) in [6, 6.07) is 13.8. The van der Waals surface area contributed by atoms with E-state index >= 15 is 0 Å². The molecule has 2 aromatic rings. The zero-order chi connectivity index (χ0) is 24.9. The number of nitrogens with zero attached hydrogens (tertiary/aromatic N) is 2. The Bertz CT molecular complexity index is 1040. The molecule has 1 saturated heterocycles. The lowest BCUT2D eigenvalue weighted by molar-refractivity contribution is -0.148. The molecular formula is C27H38N4O3. The Morgan fingerprint density at radius 2 is 1.88 bits per heavy atom. The van der Waals surface area contributed by atoms with Crippen LogP contribution in [0.25, 0.3) is 10.8 Å². The van der Waals surface area contributed by atoms with Crippen LogP contribution in [0.5, 0.6) is 0 Å². The van der Waals surface area contributed by atoms with E-state index < -0.39 is 11.5 Å². The van der Waals surface area contributed by atoms with Gasteiger partial charge in [-0.2, -0.15) is 0 Å². The van der Waals surface area contributed by atoms with Gasteiger partial charge in [0.25, 0.3) is 5.91 Å². The van der Waals surface area contributed by atoms with Crippen LogP contribution >= 0.6 is 0 Å². The van der Waals surface area contributed by atoms with Crippen molar-refractivity contribution in [1.29, 1.82) is 0 Å². The van der Waals surface area contributed by atoms with Crippen LogP contribution in [0, 0.1) is 5.41 Å². The molecule has 7 heteroatoms. The van der Waals surface area contributed by atoms with Crippen molar-refractivity contribution < 1.29 is 14.4 Å². The van der Waals surface area contributed by atoms with Crippen LogP contribution in [0.15, 0.2) is 42.5 Å². The molecule has 1 fully saturated rings. The van der Waals surface area contributed by atoms with Gasteiger partial charge in [0, 0.05) is 25.4 Å². The molecule has 1 aliphatic heterocycles. The van der Waals surface area contributed by atoms with Gasteiger partial charge in [0.1, 0.15) is 6.04 Å². The first-order valence-corrected chi connectivity index (χ1v) is 12.2.